The predicted octanol–water partition coefficient (Wildman–Crippen LogP) is 2.35. The van der Waals surface area contributed by atoms with E-state index in [9.17, 15) is 0 Å². The van der Waals surface area contributed by atoms with Crippen molar-refractivity contribution in [3.8, 4) is 0 Å². The van der Waals surface area contributed by atoms with Gasteiger partial charge in [-0.05, 0) is 12.5 Å². The van der Waals surface area contributed by atoms with Gasteiger partial charge in [0.1, 0.15) is 0 Å². The zero-order valence-corrected chi connectivity index (χ0v) is 6.67. The number of ether oxygens (including phenoxy) is 2. The van der Waals surface area contributed by atoms with Crippen molar-refractivity contribution in [2.75, 3.05) is 6.79 Å². The first-order valence-corrected chi connectivity index (χ1v) is 3.66. The fraction of sp³-hybridized carbons (Fsp3) is 0.333. The molecule has 0 aromatic carbocycles. The second-order valence-electron chi connectivity index (χ2n) is 2.20. The summed E-state index contributed by atoms with van der Waals surface area (Å²) in [5.74, 6) is 1.35. The van der Waals surface area contributed by atoms with Gasteiger partial charge in [0, 0.05) is 0 Å². The zero-order chi connectivity index (χ0) is 8.10. The number of rotatable bonds is 2. The van der Waals surface area contributed by atoms with Gasteiger partial charge in [-0.1, -0.05) is 25.7 Å². The highest BCUT2D eigenvalue weighted by molar-refractivity contribution is 5.23. The lowest BCUT2D eigenvalue weighted by Crippen LogP contribution is -1.77. The number of hydrogen-bond donors (Lipinski definition) is 0. The third kappa shape index (κ3) is 2.15. The van der Waals surface area contributed by atoms with Crippen LogP contribution in [-0.2, 0) is 9.47 Å². The van der Waals surface area contributed by atoms with E-state index in [1.165, 1.54) is 0 Å². The summed E-state index contributed by atoms with van der Waals surface area (Å²) in [5, 5.41) is 0. The van der Waals surface area contributed by atoms with E-state index < -0.39 is 0 Å². The Balaban J connectivity index is 2.51. The van der Waals surface area contributed by atoms with Gasteiger partial charge in [0.2, 0.25) is 6.79 Å². The zero-order valence-electron chi connectivity index (χ0n) is 6.67. The molecule has 2 nitrogen and oxygen atoms in total. The Hall–Kier alpha value is -1.18. The lowest BCUT2D eigenvalue weighted by molar-refractivity contribution is 0.0980. The molecule has 1 aliphatic rings. The molecular weight excluding hydrogens is 140 g/mol. The fourth-order valence-electron chi connectivity index (χ4n) is 0.748. The van der Waals surface area contributed by atoms with Crippen molar-refractivity contribution >= 4 is 0 Å². The van der Waals surface area contributed by atoms with E-state index in [2.05, 4.69) is 13.5 Å². The molecule has 0 aromatic rings. The van der Waals surface area contributed by atoms with E-state index in [4.69, 9.17) is 9.47 Å². The maximum atomic E-state index is 5.10. The van der Waals surface area contributed by atoms with Gasteiger partial charge in [-0.25, -0.2) is 0 Å². The van der Waals surface area contributed by atoms with Gasteiger partial charge in [-0.3, -0.25) is 0 Å². The van der Waals surface area contributed by atoms with Crippen LogP contribution in [0, 0.1) is 0 Å². The maximum Gasteiger partial charge on any atom is 0.231 e. The van der Waals surface area contributed by atoms with E-state index >= 15 is 0 Å². The summed E-state index contributed by atoms with van der Waals surface area (Å²) in [7, 11) is 0. The monoisotopic (exact) mass is 152 g/mol. The molecule has 0 unspecified atom stereocenters. The molecule has 0 aromatic heterocycles. The molecule has 1 saturated heterocycles. The summed E-state index contributed by atoms with van der Waals surface area (Å²) in [4.78, 5) is 0. The standard InChI is InChI=1S/C9H12O2/c1-3-4-5-6-9-8(2)10-7-11-9/h4-6H,2-3,7H2,1H3/b5-4-,9-6+. The molecule has 60 valence electrons. The maximum absolute atomic E-state index is 5.10. The first-order valence-electron chi connectivity index (χ1n) is 3.66. The topological polar surface area (TPSA) is 18.5 Å². The summed E-state index contributed by atoms with van der Waals surface area (Å²) in [6, 6.07) is 0. The lowest BCUT2D eigenvalue weighted by atomic mass is 10.3. The van der Waals surface area contributed by atoms with Gasteiger partial charge in [0.15, 0.2) is 11.5 Å². The lowest BCUT2D eigenvalue weighted by Gasteiger charge is -1.89. The Morgan fingerprint density at radius 1 is 1.55 bits per heavy atom. The minimum absolute atomic E-state index is 0.296. The van der Waals surface area contributed by atoms with Crippen molar-refractivity contribution in [3.05, 3.63) is 36.3 Å². The van der Waals surface area contributed by atoms with Crippen molar-refractivity contribution in [2.45, 2.75) is 13.3 Å². The molecule has 0 saturated carbocycles. The van der Waals surface area contributed by atoms with Gasteiger partial charge in [0.25, 0.3) is 0 Å². The van der Waals surface area contributed by atoms with Crippen LogP contribution in [0.1, 0.15) is 13.3 Å². The summed E-state index contributed by atoms with van der Waals surface area (Å²) in [6.45, 7) is 6.04. The molecule has 0 radical (unpaired) electrons. The van der Waals surface area contributed by atoms with Crippen LogP contribution in [-0.4, -0.2) is 6.79 Å². The van der Waals surface area contributed by atoms with Gasteiger partial charge in [0.05, 0.1) is 0 Å². The first kappa shape index (κ1) is 7.92. The van der Waals surface area contributed by atoms with E-state index in [1.54, 1.807) is 0 Å². The second-order valence-corrected chi connectivity index (χ2v) is 2.20. The van der Waals surface area contributed by atoms with E-state index in [-0.39, 0.29) is 0 Å². The molecule has 0 atom stereocenters. The molecule has 0 aliphatic carbocycles. The quantitative estimate of drug-likeness (QED) is 0.604. The molecule has 0 amide bonds. The minimum Gasteiger partial charge on any atom is -0.454 e. The minimum atomic E-state index is 0.296. The van der Waals surface area contributed by atoms with Crippen LogP contribution in [0.15, 0.2) is 36.3 Å². The molecule has 0 N–H and O–H groups in total. The molecule has 0 spiro atoms. The van der Waals surface area contributed by atoms with Crippen LogP contribution in [0.3, 0.4) is 0 Å². The predicted molar refractivity (Wildman–Crippen MR) is 43.7 cm³/mol. The Morgan fingerprint density at radius 2 is 2.36 bits per heavy atom. The van der Waals surface area contributed by atoms with Crippen molar-refractivity contribution in [2.24, 2.45) is 0 Å². The third-order valence-corrected chi connectivity index (χ3v) is 1.34. The van der Waals surface area contributed by atoms with E-state index in [0.717, 1.165) is 12.2 Å². The average Bonchev–Trinajstić information content (AvgIpc) is 2.37. The van der Waals surface area contributed by atoms with Gasteiger partial charge >= 0.3 is 0 Å². The van der Waals surface area contributed by atoms with Crippen LogP contribution in [0.2, 0.25) is 0 Å². The Bertz CT molecular complexity index is 202. The van der Waals surface area contributed by atoms with E-state index in [1.807, 2.05) is 18.2 Å². The van der Waals surface area contributed by atoms with Crippen molar-refractivity contribution in [1.29, 1.82) is 0 Å². The normalized spacial score (nSPS) is 20.8. The second kappa shape index (κ2) is 3.86. The third-order valence-electron chi connectivity index (χ3n) is 1.34. The van der Waals surface area contributed by atoms with Crippen LogP contribution in [0.4, 0.5) is 0 Å². The summed E-state index contributed by atoms with van der Waals surface area (Å²) >= 11 is 0. The molecule has 11 heavy (non-hydrogen) atoms. The number of hydrogen-bond acceptors (Lipinski definition) is 2. The molecule has 1 heterocycles. The van der Waals surface area contributed by atoms with Gasteiger partial charge in [-0.2, -0.15) is 0 Å². The van der Waals surface area contributed by atoms with Crippen molar-refractivity contribution in [3.63, 3.8) is 0 Å². The van der Waals surface area contributed by atoms with Crippen LogP contribution in [0.5, 0.6) is 0 Å². The van der Waals surface area contributed by atoms with Gasteiger partial charge < -0.3 is 9.47 Å². The summed E-state index contributed by atoms with van der Waals surface area (Å²) < 4.78 is 10.1. The molecule has 1 rings (SSSR count). The summed E-state index contributed by atoms with van der Waals surface area (Å²) in [6.07, 6.45) is 6.87. The largest absolute Gasteiger partial charge is 0.454 e. The summed E-state index contributed by atoms with van der Waals surface area (Å²) in [5.41, 5.74) is 0. The molecular formula is C9H12O2. The van der Waals surface area contributed by atoms with Crippen LogP contribution >= 0.6 is 0 Å². The van der Waals surface area contributed by atoms with Crippen molar-refractivity contribution < 1.29 is 9.47 Å². The molecule has 1 aliphatic heterocycles. The molecule has 1 fully saturated rings. The van der Waals surface area contributed by atoms with Gasteiger partial charge in [-0.15, -0.1) is 0 Å². The van der Waals surface area contributed by atoms with Crippen molar-refractivity contribution in [1.82, 2.24) is 0 Å². The molecule has 0 bridgehead atoms. The highest BCUT2D eigenvalue weighted by Gasteiger charge is 2.11. The van der Waals surface area contributed by atoms with Crippen LogP contribution < -0.4 is 0 Å². The Labute approximate surface area is 66.8 Å². The SMILES string of the molecule is C=C1OCO/C1=C/C=C\CC. The smallest absolute Gasteiger partial charge is 0.231 e. The Morgan fingerprint density at radius 3 is 2.91 bits per heavy atom. The number of allylic oxidation sites excluding steroid dienone is 3. The average molecular weight is 152 g/mol. The Kier molecular flexibility index (Phi) is 2.78. The van der Waals surface area contributed by atoms with E-state index in [0.29, 0.717) is 12.6 Å². The highest BCUT2D eigenvalue weighted by Crippen LogP contribution is 2.18. The van der Waals surface area contributed by atoms with Crippen LogP contribution in [0.25, 0.3) is 0 Å². The first-order chi connectivity index (χ1) is 5.34. The molecule has 2 heteroatoms. The fourth-order valence-corrected chi connectivity index (χ4v) is 0.748. The highest BCUT2D eigenvalue weighted by atomic mass is 16.7.